The van der Waals surface area contributed by atoms with Crippen LogP contribution in [0.2, 0.25) is 0 Å². The van der Waals surface area contributed by atoms with Crippen molar-refractivity contribution in [1.29, 1.82) is 0 Å². The summed E-state index contributed by atoms with van der Waals surface area (Å²) in [5.74, 6) is 1.04. The van der Waals surface area contributed by atoms with Gasteiger partial charge in [0.2, 0.25) is 0 Å². The van der Waals surface area contributed by atoms with Gasteiger partial charge in [-0.1, -0.05) is 19.1 Å². The van der Waals surface area contributed by atoms with Crippen LogP contribution in [0, 0.1) is 0 Å². The van der Waals surface area contributed by atoms with Crippen LogP contribution in [0.4, 0.5) is 0 Å². The van der Waals surface area contributed by atoms with Crippen molar-refractivity contribution in [3.05, 3.63) is 29.3 Å². The molecule has 1 aliphatic heterocycles. The SMILES string of the molecule is CC(CO)c1ccc2c(c1)OCOC2. The molecule has 14 heavy (non-hydrogen) atoms. The Bertz CT molecular complexity index is 322. The van der Waals surface area contributed by atoms with Gasteiger partial charge in [0, 0.05) is 18.1 Å². The van der Waals surface area contributed by atoms with Crippen LogP contribution >= 0.6 is 0 Å². The highest BCUT2D eigenvalue weighted by molar-refractivity contribution is 5.39. The number of hydrogen-bond donors (Lipinski definition) is 1. The van der Waals surface area contributed by atoms with E-state index in [-0.39, 0.29) is 12.5 Å². The summed E-state index contributed by atoms with van der Waals surface area (Å²) < 4.78 is 10.5. The van der Waals surface area contributed by atoms with E-state index in [0.717, 1.165) is 16.9 Å². The molecule has 1 unspecified atom stereocenters. The molecular weight excluding hydrogens is 180 g/mol. The lowest BCUT2D eigenvalue weighted by atomic mass is 10.00. The third-order valence-electron chi connectivity index (χ3n) is 2.49. The quantitative estimate of drug-likeness (QED) is 0.778. The van der Waals surface area contributed by atoms with Crippen molar-refractivity contribution in [2.45, 2.75) is 19.4 Å². The molecular formula is C11H14O3. The predicted molar refractivity (Wildman–Crippen MR) is 52.2 cm³/mol. The minimum Gasteiger partial charge on any atom is -0.467 e. The van der Waals surface area contributed by atoms with Crippen LogP contribution in [0.25, 0.3) is 0 Å². The van der Waals surface area contributed by atoms with Gasteiger partial charge < -0.3 is 14.6 Å². The summed E-state index contributed by atoms with van der Waals surface area (Å²) in [6.45, 7) is 3.09. The molecule has 0 amide bonds. The molecule has 3 nitrogen and oxygen atoms in total. The van der Waals surface area contributed by atoms with E-state index in [1.54, 1.807) is 0 Å². The van der Waals surface area contributed by atoms with Crippen LogP contribution in [-0.4, -0.2) is 18.5 Å². The fourth-order valence-electron chi connectivity index (χ4n) is 1.49. The minimum atomic E-state index is 0.159. The van der Waals surface area contributed by atoms with Gasteiger partial charge in [-0.05, 0) is 11.6 Å². The molecule has 1 aliphatic rings. The van der Waals surface area contributed by atoms with Crippen LogP contribution in [0.15, 0.2) is 18.2 Å². The highest BCUT2D eigenvalue weighted by Crippen LogP contribution is 2.27. The Labute approximate surface area is 83.3 Å². The van der Waals surface area contributed by atoms with Gasteiger partial charge in [0.25, 0.3) is 0 Å². The second-order valence-electron chi connectivity index (χ2n) is 3.56. The standard InChI is InChI=1S/C11H14O3/c1-8(5-12)9-2-3-10-6-13-7-14-11(10)4-9/h2-4,8,12H,5-7H2,1H3. The zero-order valence-corrected chi connectivity index (χ0v) is 8.19. The Balaban J connectivity index is 2.29. The van der Waals surface area contributed by atoms with Crippen molar-refractivity contribution in [3.63, 3.8) is 0 Å². The second kappa shape index (κ2) is 3.98. The Kier molecular flexibility index (Phi) is 2.70. The summed E-state index contributed by atoms with van der Waals surface area (Å²) in [4.78, 5) is 0. The number of ether oxygens (including phenoxy) is 2. The molecule has 1 atom stereocenters. The first kappa shape index (κ1) is 9.49. The molecule has 2 rings (SSSR count). The molecule has 0 spiro atoms. The predicted octanol–water partition coefficient (Wildman–Crippen LogP) is 1.65. The number of rotatable bonds is 2. The van der Waals surface area contributed by atoms with Crippen LogP contribution in [0.3, 0.4) is 0 Å². The van der Waals surface area contributed by atoms with Gasteiger partial charge in [-0.2, -0.15) is 0 Å². The average molecular weight is 194 g/mol. The molecule has 0 fully saturated rings. The zero-order valence-electron chi connectivity index (χ0n) is 8.19. The molecule has 0 radical (unpaired) electrons. The van der Waals surface area contributed by atoms with Gasteiger partial charge in [0.15, 0.2) is 6.79 Å². The van der Waals surface area contributed by atoms with E-state index >= 15 is 0 Å². The third kappa shape index (κ3) is 1.74. The Hall–Kier alpha value is -1.06. The molecule has 0 saturated carbocycles. The fourth-order valence-corrected chi connectivity index (χ4v) is 1.49. The lowest BCUT2D eigenvalue weighted by Gasteiger charge is -2.19. The van der Waals surface area contributed by atoms with Crippen molar-refractivity contribution >= 4 is 0 Å². The van der Waals surface area contributed by atoms with Crippen LogP contribution in [-0.2, 0) is 11.3 Å². The van der Waals surface area contributed by atoms with Gasteiger partial charge >= 0.3 is 0 Å². The minimum absolute atomic E-state index is 0.159. The van der Waals surface area contributed by atoms with E-state index in [1.165, 1.54) is 0 Å². The number of aliphatic hydroxyl groups excluding tert-OH is 1. The summed E-state index contributed by atoms with van der Waals surface area (Å²) in [5, 5.41) is 9.03. The largest absolute Gasteiger partial charge is 0.467 e. The zero-order chi connectivity index (χ0) is 9.97. The van der Waals surface area contributed by atoms with E-state index in [0.29, 0.717) is 13.4 Å². The first-order valence-corrected chi connectivity index (χ1v) is 4.75. The highest BCUT2D eigenvalue weighted by atomic mass is 16.7. The molecule has 1 aromatic rings. The molecule has 1 heterocycles. The van der Waals surface area contributed by atoms with Crippen molar-refractivity contribution in [1.82, 2.24) is 0 Å². The van der Waals surface area contributed by atoms with Crippen molar-refractivity contribution in [2.24, 2.45) is 0 Å². The number of hydrogen-bond acceptors (Lipinski definition) is 3. The average Bonchev–Trinajstić information content (AvgIpc) is 2.27. The molecule has 1 N–H and O–H groups in total. The van der Waals surface area contributed by atoms with Crippen LogP contribution < -0.4 is 4.74 Å². The molecule has 0 aromatic heterocycles. The maximum atomic E-state index is 9.03. The lowest BCUT2D eigenvalue weighted by Crippen LogP contribution is -2.12. The maximum Gasteiger partial charge on any atom is 0.189 e. The van der Waals surface area contributed by atoms with Crippen LogP contribution in [0.1, 0.15) is 24.0 Å². The van der Waals surface area contributed by atoms with Crippen molar-refractivity contribution in [3.8, 4) is 5.75 Å². The summed E-state index contributed by atoms with van der Waals surface area (Å²) in [5.41, 5.74) is 2.18. The van der Waals surface area contributed by atoms with Gasteiger partial charge in [0.05, 0.1) is 6.61 Å². The summed E-state index contributed by atoms with van der Waals surface area (Å²) in [7, 11) is 0. The monoisotopic (exact) mass is 194 g/mol. The van der Waals surface area contributed by atoms with Gasteiger partial charge in [-0.3, -0.25) is 0 Å². The third-order valence-corrected chi connectivity index (χ3v) is 2.49. The number of aliphatic hydroxyl groups is 1. The first-order chi connectivity index (χ1) is 6.81. The van der Waals surface area contributed by atoms with E-state index in [2.05, 4.69) is 0 Å². The Morgan fingerprint density at radius 2 is 2.36 bits per heavy atom. The van der Waals surface area contributed by atoms with Crippen molar-refractivity contribution in [2.75, 3.05) is 13.4 Å². The van der Waals surface area contributed by atoms with Crippen molar-refractivity contribution < 1.29 is 14.6 Å². The van der Waals surface area contributed by atoms with Gasteiger partial charge in [-0.25, -0.2) is 0 Å². The van der Waals surface area contributed by atoms with E-state index in [9.17, 15) is 0 Å². The summed E-state index contributed by atoms with van der Waals surface area (Å²) in [6.07, 6.45) is 0. The molecule has 3 heteroatoms. The highest BCUT2D eigenvalue weighted by Gasteiger charge is 2.12. The van der Waals surface area contributed by atoms with E-state index in [1.807, 2.05) is 25.1 Å². The smallest absolute Gasteiger partial charge is 0.189 e. The Morgan fingerprint density at radius 1 is 1.50 bits per heavy atom. The van der Waals surface area contributed by atoms with Gasteiger partial charge in [0.1, 0.15) is 5.75 Å². The normalized spacial score (nSPS) is 17.0. The van der Waals surface area contributed by atoms with E-state index in [4.69, 9.17) is 14.6 Å². The fraction of sp³-hybridized carbons (Fsp3) is 0.455. The first-order valence-electron chi connectivity index (χ1n) is 4.75. The van der Waals surface area contributed by atoms with Gasteiger partial charge in [-0.15, -0.1) is 0 Å². The Morgan fingerprint density at radius 3 is 3.14 bits per heavy atom. The lowest BCUT2D eigenvalue weighted by molar-refractivity contribution is -0.0164. The molecule has 0 aliphatic carbocycles. The molecule has 76 valence electrons. The van der Waals surface area contributed by atoms with E-state index < -0.39 is 0 Å². The summed E-state index contributed by atoms with van der Waals surface area (Å²) >= 11 is 0. The number of benzene rings is 1. The summed E-state index contributed by atoms with van der Waals surface area (Å²) in [6, 6.07) is 5.99. The topological polar surface area (TPSA) is 38.7 Å². The van der Waals surface area contributed by atoms with Crippen LogP contribution in [0.5, 0.6) is 5.75 Å². The molecule has 1 aromatic carbocycles. The number of fused-ring (bicyclic) bond motifs is 1. The molecule has 0 bridgehead atoms. The molecule has 0 saturated heterocycles. The maximum absolute atomic E-state index is 9.03. The second-order valence-corrected chi connectivity index (χ2v) is 3.56.